The smallest absolute Gasteiger partial charge is 0.309 e. The van der Waals surface area contributed by atoms with Crippen molar-refractivity contribution >= 4 is 44.4 Å². The van der Waals surface area contributed by atoms with Gasteiger partial charge in [0, 0.05) is 21.6 Å². The van der Waals surface area contributed by atoms with E-state index in [-0.39, 0.29) is 6.42 Å². The Morgan fingerprint density at radius 3 is 3.00 bits per heavy atom. The molecular formula is C13H10BrN5O2. The molecule has 106 valence electrons. The maximum atomic E-state index is 10.7. The van der Waals surface area contributed by atoms with E-state index in [1.54, 1.807) is 6.07 Å². The van der Waals surface area contributed by atoms with Crippen molar-refractivity contribution in [1.82, 2.24) is 20.2 Å². The number of carboxylic acid groups (broad SMARTS) is 1. The van der Waals surface area contributed by atoms with Crippen molar-refractivity contribution in [2.24, 2.45) is 0 Å². The first-order chi connectivity index (χ1) is 10.1. The molecule has 1 aromatic carbocycles. The van der Waals surface area contributed by atoms with Crippen LogP contribution in [0.2, 0.25) is 0 Å². The fraction of sp³-hybridized carbons (Fsp3) is 0.0769. The number of rotatable bonds is 4. The van der Waals surface area contributed by atoms with Gasteiger partial charge in [0.25, 0.3) is 0 Å². The van der Waals surface area contributed by atoms with Gasteiger partial charge in [0.2, 0.25) is 0 Å². The second-order valence-electron chi connectivity index (χ2n) is 4.36. The summed E-state index contributed by atoms with van der Waals surface area (Å²) in [6.45, 7) is 0. The summed E-state index contributed by atoms with van der Waals surface area (Å²) in [5, 5.41) is 19.3. The van der Waals surface area contributed by atoms with Gasteiger partial charge in [-0.05, 0) is 18.2 Å². The largest absolute Gasteiger partial charge is 0.481 e. The standard InChI is InChI=1S/C13H10BrN5O2/c14-7-1-2-10-9(3-7)13(16-6-15-10)17-11-4-8(18-19-11)5-12(20)21/h1-4,6H,5H2,(H,20,21)(H2,15,16,17,18,19). The van der Waals surface area contributed by atoms with Gasteiger partial charge in [-0.1, -0.05) is 15.9 Å². The van der Waals surface area contributed by atoms with Crippen molar-refractivity contribution in [3.63, 3.8) is 0 Å². The van der Waals surface area contributed by atoms with Crippen molar-refractivity contribution in [3.8, 4) is 0 Å². The highest BCUT2D eigenvalue weighted by atomic mass is 79.9. The molecule has 0 spiro atoms. The number of carbonyl (C=O) groups is 1. The van der Waals surface area contributed by atoms with Crippen LogP contribution in [0.25, 0.3) is 10.9 Å². The number of halogens is 1. The molecule has 3 rings (SSSR count). The summed E-state index contributed by atoms with van der Waals surface area (Å²) in [7, 11) is 0. The van der Waals surface area contributed by atoms with Crippen molar-refractivity contribution in [1.29, 1.82) is 0 Å². The highest BCUT2D eigenvalue weighted by molar-refractivity contribution is 9.10. The van der Waals surface area contributed by atoms with E-state index >= 15 is 0 Å². The topological polar surface area (TPSA) is 104 Å². The van der Waals surface area contributed by atoms with Crippen molar-refractivity contribution in [3.05, 3.63) is 40.8 Å². The van der Waals surface area contributed by atoms with Crippen LogP contribution in [0.1, 0.15) is 5.69 Å². The normalized spacial score (nSPS) is 10.7. The molecule has 0 bridgehead atoms. The number of fused-ring (bicyclic) bond motifs is 1. The first kappa shape index (κ1) is 13.5. The molecule has 21 heavy (non-hydrogen) atoms. The molecule has 0 aliphatic heterocycles. The average molecular weight is 348 g/mol. The highest BCUT2D eigenvalue weighted by Gasteiger charge is 2.08. The summed E-state index contributed by atoms with van der Waals surface area (Å²) < 4.78 is 0.918. The van der Waals surface area contributed by atoms with Gasteiger partial charge in [0.1, 0.15) is 12.1 Å². The zero-order valence-corrected chi connectivity index (χ0v) is 12.3. The van der Waals surface area contributed by atoms with Crippen LogP contribution < -0.4 is 5.32 Å². The van der Waals surface area contributed by atoms with Gasteiger partial charge < -0.3 is 10.4 Å². The Kier molecular flexibility index (Phi) is 3.53. The van der Waals surface area contributed by atoms with E-state index in [2.05, 4.69) is 41.4 Å². The number of anilines is 2. The Morgan fingerprint density at radius 2 is 2.19 bits per heavy atom. The third-order valence-electron chi connectivity index (χ3n) is 2.82. The van der Waals surface area contributed by atoms with E-state index in [1.807, 2.05) is 18.2 Å². The van der Waals surface area contributed by atoms with Gasteiger partial charge in [-0.15, -0.1) is 0 Å². The van der Waals surface area contributed by atoms with Crippen LogP contribution in [0.3, 0.4) is 0 Å². The summed E-state index contributed by atoms with van der Waals surface area (Å²) in [6.07, 6.45) is 1.36. The molecule has 0 radical (unpaired) electrons. The van der Waals surface area contributed by atoms with Crippen molar-refractivity contribution in [2.45, 2.75) is 6.42 Å². The number of H-pyrrole nitrogens is 1. The Labute approximate surface area is 127 Å². The molecule has 3 aromatic rings. The summed E-state index contributed by atoms with van der Waals surface area (Å²) in [4.78, 5) is 19.0. The first-order valence-electron chi connectivity index (χ1n) is 6.05. The lowest BCUT2D eigenvalue weighted by molar-refractivity contribution is -0.136. The monoisotopic (exact) mass is 347 g/mol. The maximum absolute atomic E-state index is 10.7. The van der Waals surface area contributed by atoms with Gasteiger partial charge in [0.05, 0.1) is 11.9 Å². The molecule has 7 nitrogen and oxygen atoms in total. The van der Waals surface area contributed by atoms with E-state index < -0.39 is 5.97 Å². The van der Waals surface area contributed by atoms with E-state index in [9.17, 15) is 4.79 Å². The molecular weight excluding hydrogens is 338 g/mol. The second-order valence-corrected chi connectivity index (χ2v) is 5.27. The number of aromatic nitrogens is 4. The summed E-state index contributed by atoms with van der Waals surface area (Å²) in [5.74, 6) is 0.197. The Morgan fingerprint density at radius 1 is 1.33 bits per heavy atom. The molecule has 0 unspecified atom stereocenters. The highest BCUT2D eigenvalue weighted by Crippen LogP contribution is 2.25. The van der Waals surface area contributed by atoms with Crippen LogP contribution in [-0.4, -0.2) is 31.2 Å². The molecule has 0 fully saturated rings. The predicted octanol–water partition coefficient (Wildman–Crippen LogP) is 2.49. The third-order valence-corrected chi connectivity index (χ3v) is 3.31. The average Bonchev–Trinajstić information content (AvgIpc) is 2.86. The van der Waals surface area contributed by atoms with Crippen LogP contribution in [0.5, 0.6) is 0 Å². The SMILES string of the molecule is O=C(O)Cc1cc(Nc2ncnc3ccc(Br)cc23)n[nH]1. The van der Waals surface area contributed by atoms with E-state index in [4.69, 9.17) is 5.11 Å². The van der Waals surface area contributed by atoms with Gasteiger partial charge in [0.15, 0.2) is 5.82 Å². The zero-order chi connectivity index (χ0) is 14.8. The molecule has 2 aromatic heterocycles. The van der Waals surface area contributed by atoms with Gasteiger partial charge in [-0.25, -0.2) is 9.97 Å². The number of hydrogen-bond acceptors (Lipinski definition) is 5. The lowest BCUT2D eigenvalue weighted by Crippen LogP contribution is -1.99. The van der Waals surface area contributed by atoms with Gasteiger partial charge >= 0.3 is 5.97 Å². The quantitative estimate of drug-likeness (QED) is 0.669. The molecule has 0 aliphatic rings. The lowest BCUT2D eigenvalue weighted by atomic mass is 10.2. The van der Waals surface area contributed by atoms with Crippen molar-refractivity contribution in [2.75, 3.05) is 5.32 Å². The molecule has 3 N–H and O–H groups in total. The molecule has 8 heteroatoms. The number of nitrogens with zero attached hydrogens (tertiary/aromatic N) is 3. The number of aliphatic carboxylic acids is 1. The minimum Gasteiger partial charge on any atom is -0.481 e. The minimum atomic E-state index is -0.915. The van der Waals surface area contributed by atoms with Crippen LogP contribution in [0.15, 0.2) is 35.1 Å². The van der Waals surface area contributed by atoms with Crippen LogP contribution >= 0.6 is 15.9 Å². The Hall–Kier alpha value is -2.48. The Balaban J connectivity index is 1.92. The van der Waals surface area contributed by atoms with Crippen LogP contribution in [-0.2, 0) is 11.2 Å². The molecule has 0 saturated carbocycles. The first-order valence-corrected chi connectivity index (χ1v) is 6.84. The number of hydrogen-bond donors (Lipinski definition) is 3. The molecule has 2 heterocycles. The summed E-state index contributed by atoms with van der Waals surface area (Å²) >= 11 is 3.41. The van der Waals surface area contributed by atoms with Crippen LogP contribution in [0.4, 0.5) is 11.6 Å². The third kappa shape index (κ3) is 3.00. The molecule has 0 atom stereocenters. The van der Waals surface area contributed by atoms with Gasteiger partial charge in [-0.2, -0.15) is 5.10 Å². The fourth-order valence-corrected chi connectivity index (χ4v) is 2.29. The van der Waals surface area contributed by atoms with E-state index in [0.29, 0.717) is 17.3 Å². The number of benzene rings is 1. The molecule has 0 saturated heterocycles. The summed E-state index contributed by atoms with van der Waals surface area (Å²) in [5.41, 5.74) is 1.32. The minimum absolute atomic E-state index is 0.106. The summed E-state index contributed by atoms with van der Waals surface area (Å²) in [6, 6.07) is 7.33. The Bertz CT molecular complexity index is 817. The van der Waals surface area contributed by atoms with Crippen LogP contribution in [0, 0.1) is 0 Å². The van der Waals surface area contributed by atoms with E-state index in [1.165, 1.54) is 6.33 Å². The second kappa shape index (κ2) is 5.49. The number of aromatic amines is 1. The zero-order valence-electron chi connectivity index (χ0n) is 10.7. The fourth-order valence-electron chi connectivity index (χ4n) is 1.93. The van der Waals surface area contributed by atoms with Gasteiger partial charge in [-0.3, -0.25) is 9.89 Å². The molecule has 0 amide bonds. The predicted molar refractivity (Wildman–Crippen MR) is 80.4 cm³/mol. The van der Waals surface area contributed by atoms with Crippen molar-refractivity contribution < 1.29 is 9.90 Å². The number of nitrogens with one attached hydrogen (secondary N) is 2. The number of carboxylic acids is 1. The maximum Gasteiger partial charge on any atom is 0.309 e. The lowest BCUT2D eigenvalue weighted by Gasteiger charge is -2.05. The van der Waals surface area contributed by atoms with E-state index in [0.717, 1.165) is 15.4 Å². The molecule has 0 aliphatic carbocycles.